The van der Waals surface area contributed by atoms with Gasteiger partial charge in [0.25, 0.3) is 0 Å². The Bertz CT molecular complexity index is 1620. The number of allylic oxidation sites excluding steroid dienone is 1. The molecule has 0 bridgehead atoms. The number of carbonyl (C=O) groups is 1. The summed E-state index contributed by atoms with van der Waals surface area (Å²) in [5.74, 6) is 0.673. The maximum Gasteiger partial charge on any atom is 0.410 e. The largest absolute Gasteiger partial charge is 0.493 e. The molecule has 55 heavy (non-hydrogen) atoms. The van der Waals surface area contributed by atoms with Crippen LogP contribution >= 0.6 is 23.4 Å². The molecule has 2 aromatic carbocycles. The Hall–Kier alpha value is -3.22. The van der Waals surface area contributed by atoms with Crippen LogP contribution in [0.2, 0.25) is 0 Å². The minimum atomic E-state index is -1.35. The van der Waals surface area contributed by atoms with Gasteiger partial charge < -0.3 is 38.9 Å². The molecule has 2 aromatic rings. The highest BCUT2D eigenvalue weighted by atomic mass is 35.5. The minimum absolute atomic E-state index is 0.0576. The molecule has 1 fully saturated rings. The fraction of sp³-hybridized carbons (Fsp3) is 0.581. The Morgan fingerprint density at radius 1 is 1.09 bits per heavy atom. The second-order valence-corrected chi connectivity index (χ2v) is 16.9. The lowest BCUT2D eigenvalue weighted by molar-refractivity contribution is -0.253. The Labute approximate surface area is 336 Å². The van der Waals surface area contributed by atoms with Crippen LogP contribution in [0.1, 0.15) is 77.2 Å². The Morgan fingerprint density at radius 2 is 1.84 bits per heavy atom. The third-order valence-corrected chi connectivity index (χ3v) is 11.6. The molecule has 10 nitrogen and oxygen atoms in total. The summed E-state index contributed by atoms with van der Waals surface area (Å²) in [5, 5.41) is 24.5. The van der Waals surface area contributed by atoms with E-state index in [1.165, 1.54) is 4.90 Å². The Balaban J connectivity index is 1.67. The first-order valence-corrected chi connectivity index (χ1v) is 21.1. The summed E-state index contributed by atoms with van der Waals surface area (Å²) in [7, 11) is 1.70. The van der Waals surface area contributed by atoms with Crippen molar-refractivity contribution in [3.63, 3.8) is 0 Å². The van der Waals surface area contributed by atoms with Crippen molar-refractivity contribution in [1.29, 1.82) is 0 Å². The lowest BCUT2D eigenvalue weighted by Crippen LogP contribution is -2.69. The predicted molar refractivity (Wildman–Crippen MR) is 218 cm³/mol. The number of unbranched alkanes of at least 4 members (excludes halogenated alkanes) is 2. The molecule has 6 atom stereocenters. The number of thioether (sulfide) groups is 1. The Morgan fingerprint density at radius 3 is 2.53 bits per heavy atom. The smallest absolute Gasteiger partial charge is 0.410 e. The highest BCUT2D eigenvalue weighted by molar-refractivity contribution is 7.99. The van der Waals surface area contributed by atoms with E-state index in [0.29, 0.717) is 25.2 Å². The van der Waals surface area contributed by atoms with Crippen molar-refractivity contribution >= 4 is 35.2 Å². The number of hydrogen-bond donors (Lipinski definition) is 2. The van der Waals surface area contributed by atoms with Crippen molar-refractivity contribution in [2.75, 3.05) is 51.7 Å². The molecule has 0 radical (unpaired) electrons. The normalized spacial score (nSPS) is 24.9. The molecule has 1 amide bonds. The monoisotopic (exact) mass is 798 g/mol. The average Bonchev–Trinajstić information content (AvgIpc) is 3.18. The zero-order valence-corrected chi connectivity index (χ0v) is 34.4. The molecule has 1 heterocycles. The topological polar surface area (TPSA) is 119 Å². The van der Waals surface area contributed by atoms with Crippen LogP contribution in [-0.4, -0.2) is 96.1 Å². The molecule has 1 saturated carbocycles. The number of aliphatic hydroxyl groups is 2. The average molecular weight is 799 g/mol. The van der Waals surface area contributed by atoms with E-state index in [-0.39, 0.29) is 56.5 Å². The van der Waals surface area contributed by atoms with Crippen molar-refractivity contribution in [3.05, 3.63) is 78.4 Å². The maximum atomic E-state index is 13.7. The van der Waals surface area contributed by atoms with Crippen LogP contribution in [0.3, 0.4) is 0 Å². The SMILES string of the molecule is C=CCOC12Oc3ccc(OCCSc4ccccc4)cc3C3C(CCCCO)C(CCCCO)C=C(C(=NOC(C)(C)C)CC1N(C)C(=O)OCCCl)C32. The zero-order valence-electron chi connectivity index (χ0n) is 32.8. The van der Waals surface area contributed by atoms with Gasteiger partial charge in [0, 0.05) is 48.8 Å². The fourth-order valence-electron chi connectivity index (χ4n) is 8.20. The summed E-state index contributed by atoms with van der Waals surface area (Å²) in [5.41, 5.74) is 2.14. The van der Waals surface area contributed by atoms with Gasteiger partial charge in [-0.25, -0.2) is 4.79 Å². The van der Waals surface area contributed by atoms with Crippen LogP contribution in [0, 0.1) is 17.8 Å². The second-order valence-electron chi connectivity index (χ2n) is 15.4. The molecule has 0 spiro atoms. The molecular formula is C43H59ClN2O8S. The van der Waals surface area contributed by atoms with Crippen molar-refractivity contribution in [2.45, 2.75) is 94.0 Å². The Kier molecular flexibility index (Phi) is 15.8. The van der Waals surface area contributed by atoms with E-state index in [9.17, 15) is 15.0 Å². The molecule has 0 aromatic heterocycles. The highest BCUT2D eigenvalue weighted by Crippen LogP contribution is 2.61. The third-order valence-electron chi connectivity index (χ3n) is 10.5. The van der Waals surface area contributed by atoms with E-state index in [1.54, 1.807) is 29.8 Å². The van der Waals surface area contributed by atoms with Gasteiger partial charge in [0.2, 0.25) is 5.79 Å². The van der Waals surface area contributed by atoms with Crippen LogP contribution in [0.4, 0.5) is 4.79 Å². The first-order chi connectivity index (χ1) is 26.6. The van der Waals surface area contributed by atoms with Gasteiger partial charge in [-0.15, -0.1) is 29.9 Å². The standard InChI is InChI=1S/C43H59ClN2O8S/c1-6-23-52-43-38(46(5)41(49)51-24-20-44)29-36(45-54-42(2,3)4)34-27-30(14-10-12-21-47)33(17-11-13-22-48)39(40(34)43)35-28-31(18-19-37(35)53-43)50-25-26-55-32-15-8-7-9-16-32/h6-9,15-16,18-19,27-28,30,33,38-40,47-48H,1,10-14,17,20-26,29H2,2-5H3. The van der Waals surface area contributed by atoms with Crippen molar-refractivity contribution < 1.29 is 38.8 Å². The summed E-state index contributed by atoms with van der Waals surface area (Å²) < 4.78 is 26.1. The van der Waals surface area contributed by atoms with Crippen LogP contribution in [0.5, 0.6) is 11.5 Å². The lowest BCUT2D eigenvalue weighted by Gasteiger charge is -2.59. The van der Waals surface area contributed by atoms with Crippen LogP contribution in [0.25, 0.3) is 0 Å². The number of nitrogens with zero attached hydrogens (tertiary/aromatic N) is 2. The molecule has 2 aliphatic carbocycles. The number of ether oxygens (including phenoxy) is 4. The lowest BCUT2D eigenvalue weighted by atomic mass is 9.55. The fourth-order valence-corrected chi connectivity index (χ4v) is 9.03. The molecule has 3 aliphatic rings. The molecule has 0 saturated heterocycles. The molecule has 6 unspecified atom stereocenters. The number of aliphatic hydroxyl groups excluding tert-OH is 2. The zero-order chi connectivity index (χ0) is 39.4. The minimum Gasteiger partial charge on any atom is -0.493 e. The molecule has 5 rings (SSSR count). The van der Waals surface area contributed by atoms with Crippen LogP contribution in [0.15, 0.2) is 82.9 Å². The van der Waals surface area contributed by atoms with Gasteiger partial charge in [-0.3, -0.25) is 0 Å². The van der Waals surface area contributed by atoms with E-state index in [4.69, 9.17) is 40.5 Å². The van der Waals surface area contributed by atoms with Gasteiger partial charge in [0.1, 0.15) is 29.7 Å². The number of oxime groups is 1. The first kappa shape index (κ1) is 42.9. The maximum absolute atomic E-state index is 13.7. The molecule has 302 valence electrons. The number of amides is 1. The van der Waals surface area contributed by atoms with Crippen LogP contribution < -0.4 is 9.47 Å². The first-order valence-electron chi connectivity index (χ1n) is 19.6. The number of likely N-dealkylation sites (N-methyl/N-ethyl adjacent to an activating group) is 1. The second kappa shape index (κ2) is 20.3. The number of hydrogen-bond acceptors (Lipinski definition) is 10. The summed E-state index contributed by atoms with van der Waals surface area (Å²) in [6.07, 6.45) is 8.53. The number of carbonyl (C=O) groups excluding carboxylic acids is 1. The van der Waals surface area contributed by atoms with Crippen LogP contribution in [-0.2, 0) is 14.3 Å². The van der Waals surface area contributed by atoms with E-state index in [1.807, 2.05) is 51.1 Å². The predicted octanol–water partition coefficient (Wildman–Crippen LogP) is 8.60. The highest BCUT2D eigenvalue weighted by Gasteiger charge is 2.65. The number of halogens is 1. The van der Waals surface area contributed by atoms with E-state index < -0.39 is 29.4 Å². The van der Waals surface area contributed by atoms with Gasteiger partial charge in [0.15, 0.2) is 0 Å². The number of fused-ring (bicyclic) bond motifs is 2. The number of benzene rings is 2. The van der Waals surface area contributed by atoms with Gasteiger partial charge in [-0.05, 0) is 94.2 Å². The summed E-state index contributed by atoms with van der Waals surface area (Å²) >= 11 is 7.69. The van der Waals surface area contributed by atoms with E-state index in [2.05, 4.69) is 30.9 Å². The molecular weight excluding hydrogens is 740 g/mol. The molecule has 1 aliphatic heterocycles. The van der Waals surface area contributed by atoms with Crippen molar-refractivity contribution in [3.8, 4) is 11.5 Å². The number of alkyl halides is 1. The van der Waals surface area contributed by atoms with E-state index in [0.717, 1.165) is 54.0 Å². The molecule has 12 heteroatoms. The van der Waals surface area contributed by atoms with Gasteiger partial charge >= 0.3 is 6.09 Å². The third kappa shape index (κ3) is 10.6. The van der Waals surface area contributed by atoms with E-state index >= 15 is 0 Å². The van der Waals surface area contributed by atoms with Gasteiger partial charge in [0.05, 0.1) is 30.7 Å². The number of rotatable bonds is 20. The quantitative estimate of drug-likeness (QED) is 0.0447. The van der Waals surface area contributed by atoms with Gasteiger partial charge in [-0.2, -0.15) is 0 Å². The van der Waals surface area contributed by atoms with Crippen molar-refractivity contribution in [1.82, 2.24) is 4.90 Å². The molecule has 2 N–H and O–H groups in total. The summed E-state index contributed by atoms with van der Waals surface area (Å²) in [6, 6.07) is 15.6. The summed E-state index contributed by atoms with van der Waals surface area (Å²) in [4.78, 5) is 22.6. The van der Waals surface area contributed by atoms with Crippen molar-refractivity contribution in [2.24, 2.45) is 22.9 Å². The van der Waals surface area contributed by atoms with Gasteiger partial charge in [-0.1, -0.05) is 48.3 Å². The summed E-state index contributed by atoms with van der Waals surface area (Å²) in [6.45, 7) is 10.8.